The van der Waals surface area contributed by atoms with E-state index in [1.165, 1.54) is 50.6 Å². The number of halogens is 3. The maximum Gasteiger partial charge on any atom is 0.269 e. The molecule has 12 nitrogen and oxygen atoms in total. The highest BCUT2D eigenvalue weighted by atomic mass is 79.9. The first-order chi connectivity index (χ1) is 20.8. The number of imide groups is 2. The summed E-state index contributed by atoms with van der Waals surface area (Å²) in [7, 11) is 2.75. The lowest BCUT2D eigenvalue weighted by atomic mass is 9.56. The molecule has 1 N–H and O–H groups in total. The first-order valence-corrected chi connectivity index (χ1v) is 15.3. The predicted octanol–water partition coefficient (Wildman–Crippen LogP) is 4.23. The number of phenols is 1. The second kappa shape index (κ2) is 10.5. The summed E-state index contributed by atoms with van der Waals surface area (Å²) in [6, 6.07) is 7.85. The van der Waals surface area contributed by atoms with Crippen molar-refractivity contribution < 1.29 is 38.7 Å². The largest absolute Gasteiger partial charge is 0.507 e. The fourth-order valence-electron chi connectivity index (χ4n) is 7.21. The molecule has 0 bridgehead atoms. The molecular formula is C29H24BrCl2N3O9. The van der Waals surface area contributed by atoms with Crippen LogP contribution in [0.2, 0.25) is 0 Å². The molecule has 44 heavy (non-hydrogen) atoms. The van der Waals surface area contributed by atoms with E-state index in [1.807, 2.05) is 0 Å². The van der Waals surface area contributed by atoms with E-state index >= 15 is 0 Å². The molecule has 2 aromatic carbocycles. The number of carbonyl (C=O) groups excluding carboxylic acids is 4. The van der Waals surface area contributed by atoms with Gasteiger partial charge in [0.2, 0.25) is 11.8 Å². The number of benzene rings is 2. The van der Waals surface area contributed by atoms with Gasteiger partial charge in [-0.1, -0.05) is 27.6 Å². The summed E-state index contributed by atoms with van der Waals surface area (Å²) in [5, 5.41) is 22.5. The molecule has 4 aliphatic rings. The molecule has 6 unspecified atom stereocenters. The van der Waals surface area contributed by atoms with E-state index in [-0.39, 0.29) is 52.5 Å². The van der Waals surface area contributed by atoms with Crippen molar-refractivity contribution in [3.8, 4) is 17.2 Å². The third-order valence-electron chi connectivity index (χ3n) is 9.17. The van der Waals surface area contributed by atoms with E-state index < -0.39 is 62.0 Å². The Morgan fingerprint density at radius 2 is 1.73 bits per heavy atom. The smallest absolute Gasteiger partial charge is 0.269 e. The van der Waals surface area contributed by atoms with Crippen LogP contribution in [0, 0.1) is 27.9 Å². The van der Waals surface area contributed by atoms with Gasteiger partial charge in [0.1, 0.15) is 17.2 Å². The highest BCUT2D eigenvalue weighted by molar-refractivity contribution is 9.09. The predicted molar refractivity (Wildman–Crippen MR) is 160 cm³/mol. The number of amides is 4. The molecule has 15 heteroatoms. The number of phenolic OH excluding ortho intramolecular Hbond substituents is 1. The van der Waals surface area contributed by atoms with E-state index in [2.05, 4.69) is 15.9 Å². The van der Waals surface area contributed by atoms with Crippen LogP contribution in [-0.2, 0) is 19.2 Å². The van der Waals surface area contributed by atoms with Gasteiger partial charge in [-0.15, -0.1) is 23.2 Å². The molecule has 4 amide bonds. The number of ether oxygens (including phenoxy) is 2. The van der Waals surface area contributed by atoms with Crippen molar-refractivity contribution in [1.82, 2.24) is 4.90 Å². The van der Waals surface area contributed by atoms with E-state index in [0.29, 0.717) is 5.57 Å². The Morgan fingerprint density at radius 1 is 1.05 bits per heavy atom. The summed E-state index contributed by atoms with van der Waals surface area (Å²) in [6.45, 7) is 0. The first kappa shape index (κ1) is 30.4. The van der Waals surface area contributed by atoms with Crippen LogP contribution in [0.4, 0.5) is 11.4 Å². The molecule has 2 aliphatic carbocycles. The number of nitrogens with zero attached hydrogens (tertiary/aromatic N) is 3. The molecule has 3 fully saturated rings. The van der Waals surface area contributed by atoms with Crippen molar-refractivity contribution in [3.63, 3.8) is 0 Å². The van der Waals surface area contributed by atoms with Gasteiger partial charge >= 0.3 is 0 Å². The van der Waals surface area contributed by atoms with Crippen molar-refractivity contribution in [2.24, 2.45) is 17.8 Å². The van der Waals surface area contributed by atoms with Crippen LogP contribution in [-0.4, -0.2) is 68.0 Å². The molecule has 0 radical (unpaired) electrons. The van der Waals surface area contributed by atoms with Crippen LogP contribution in [0.3, 0.4) is 0 Å². The molecule has 0 aromatic heterocycles. The Balaban J connectivity index is 1.53. The topological polar surface area (TPSA) is 157 Å². The number of fused-ring (bicyclic) bond motifs is 4. The Morgan fingerprint density at radius 3 is 2.32 bits per heavy atom. The molecule has 2 saturated heterocycles. The number of likely N-dealkylation sites (tertiary alicyclic amines) is 1. The van der Waals surface area contributed by atoms with Crippen LogP contribution < -0.4 is 14.4 Å². The number of nitro groups is 1. The number of hydrogen-bond acceptors (Lipinski definition) is 9. The van der Waals surface area contributed by atoms with E-state index in [1.54, 1.807) is 6.08 Å². The number of anilines is 1. The summed E-state index contributed by atoms with van der Waals surface area (Å²) in [5.74, 6) is -6.57. The zero-order valence-electron chi connectivity index (χ0n) is 23.2. The fraction of sp³-hybridized carbons (Fsp3) is 0.379. The van der Waals surface area contributed by atoms with E-state index in [0.717, 1.165) is 9.80 Å². The molecule has 0 spiro atoms. The van der Waals surface area contributed by atoms with Crippen LogP contribution in [0.1, 0.15) is 24.3 Å². The monoisotopic (exact) mass is 707 g/mol. The van der Waals surface area contributed by atoms with Crippen molar-refractivity contribution in [3.05, 3.63) is 63.7 Å². The molecular weight excluding hydrogens is 685 g/mol. The first-order valence-electron chi connectivity index (χ1n) is 13.4. The minimum absolute atomic E-state index is 0.0734. The quantitative estimate of drug-likeness (QED) is 0.116. The molecule has 2 aliphatic heterocycles. The molecule has 2 heterocycles. The van der Waals surface area contributed by atoms with Gasteiger partial charge in [0.25, 0.3) is 17.5 Å². The minimum Gasteiger partial charge on any atom is -0.507 e. The van der Waals surface area contributed by atoms with Gasteiger partial charge in [0.05, 0.1) is 42.1 Å². The standard InChI is InChI=1S/C29H24BrCl2N3O9/c1-43-15-9-19(36)22(20(10-15)44-2)23-16-7-8-17-21(18(16)11-28(31)26(39)33(12-30)27(40)29(23,28)32)25(38)34(24(17)37)13-3-5-14(6-4-13)35(41)42/h3-7,9-10,17-18,21,23,36H,8,11-12H2,1-2H3. The summed E-state index contributed by atoms with van der Waals surface area (Å²) in [6.07, 6.45) is 1.56. The van der Waals surface area contributed by atoms with Crippen molar-refractivity contribution >= 4 is 74.1 Å². The van der Waals surface area contributed by atoms with Gasteiger partial charge in [0.15, 0.2) is 9.75 Å². The average Bonchev–Trinajstić information content (AvgIpc) is 3.34. The number of non-ortho nitro benzene ring substituents is 1. The third kappa shape index (κ3) is 3.88. The van der Waals surface area contributed by atoms with E-state index in [4.69, 9.17) is 32.7 Å². The Hall–Kier alpha value is -3.68. The van der Waals surface area contributed by atoms with Gasteiger partial charge < -0.3 is 14.6 Å². The number of methoxy groups -OCH3 is 2. The minimum atomic E-state index is -2.14. The van der Waals surface area contributed by atoms with Crippen molar-refractivity contribution in [2.45, 2.75) is 28.5 Å². The van der Waals surface area contributed by atoms with Gasteiger partial charge in [-0.25, -0.2) is 0 Å². The van der Waals surface area contributed by atoms with Crippen molar-refractivity contribution in [1.29, 1.82) is 0 Å². The Bertz CT molecular complexity index is 1680. The van der Waals surface area contributed by atoms with Gasteiger partial charge in [-0.3, -0.25) is 39.1 Å². The number of allylic oxidation sites excluding steroid dienone is 2. The number of carbonyl (C=O) groups is 4. The maximum absolute atomic E-state index is 14.1. The molecule has 6 rings (SSSR count). The lowest BCUT2D eigenvalue weighted by molar-refractivity contribution is -0.384. The fourth-order valence-corrected chi connectivity index (χ4v) is 8.62. The number of rotatable bonds is 6. The zero-order valence-corrected chi connectivity index (χ0v) is 26.3. The summed E-state index contributed by atoms with van der Waals surface area (Å²) < 4.78 is 10.9. The Labute approximate surface area is 268 Å². The second-order valence-electron chi connectivity index (χ2n) is 11.0. The number of hydrogen-bond donors (Lipinski definition) is 1. The lowest BCUT2D eigenvalue weighted by Crippen LogP contribution is -2.60. The number of alkyl halides is 3. The average molecular weight is 709 g/mol. The summed E-state index contributed by atoms with van der Waals surface area (Å²) in [5.41, 5.74) is 0.284. The maximum atomic E-state index is 14.1. The Kier molecular flexibility index (Phi) is 7.21. The van der Waals surface area contributed by atoms with Crippen molar-refractivity contribution in [2.75, 3.05) is 24.6 Å². The van der Waals surface area contributed by atoms with Gasteiger partial charge in [-0.2, -0.15) is 0 Å². The summed E-state index contributed by atoms with van der Waals surface area (Å²) in [4.78, 5) is 63.8. The highest BCUT2D eigenvalue weighted by Gasteiger charge is 2.76. The normalized spacial score (nSPS) is 31.0. The van der Waals surface area contributed by atoms with Crippen LogP contribution >= 0.6 is 39.1 Å². The number of nitro benzene ring substituents is 1. The zero-order chi connectivity index (χ0) is 31.9. The van der Waals surface area contributed by atoms with Gasteiger partial charge in [-0.05, 0) is 30.9 Å². The highest BCUT2D eigenvalue weighted by Crippen LogP contribution is 2.67. The van der Waals surface area contributed by atoms with E-state index in [9.17, 15) is 34.4 Å². The molecule has 2 aromatic rings. The third-order valence-corrected chi connectivity index (χ3v) is 11.1. The SMILES string of the molecule is COc1cc(O)c(C2C3=CCC4C(=O)N(c5ccc([N+](=O)[O-])cc5)C(=O)C4C3CC3(Cl)C(=O)N(CBr)C(=O)C23Cl)c(OC)c1. The van der Waals surface area contributed by atoms with Gasteiger partial charge in [0, 0.05) is 35.7 Å². The molecule has 6 atom stereocenters. The summed E-state index contributed by atoms with van der Waals surface area (Å²) >= 11 is 17.6. The van der Waals surface area contributed by atoms with Crippen LogP contribution in [0.15, 0.2) is 48.0 Å². The lowest BCUT2D eigenvalue weighted by Gasteiger charge is -2.51. The molecule has 1 saturated carbocycles. The van der Waals surface area contributed by atoms with Crippen LogP contribution in [0.5, 0.6) is 17.2 Å². The molecule has 230 valence electrons. The second-order valence-corrected chi connectivity index (χ2v) is 12.8. The number of aromatic hydroxyl groups is 1. The van der Waals surface area contributed by atoms with Crippen LogP contribution in [0.25, 0.3) is 0 Å².